The normalized spacial score (nSPS) is 25.6. The van der Waals surface area contributed by atoms with Crippen LogP contribution in [-0.4, -0.2) is 27.7 Å². The van der Waals surface area contributed by atoms with Gasteiger partial charge in [-0.25, -0.2) is 9.37 Å². The van der Waals surface area contributed by atoms with Gasteiger partial charge in [0.2, 0.25) is 0 Å². The molecule has 2 atom stereocenters. The Bertz CT molecular complexity index is 1420. The largest absolute Gasteiger partial charge is 0.418 e. The number of alkyl halides is 3. The van der Waals surface area contributed by atoms with E-state index in [2.05, 4.69) is 10.3 Å². The van der Waals surface area contributed by atoms with Crippen molar-refractivity contribution in [3.63, 3.8) is 0 Å². The summed E-state index contributed by atoms with van der Waals surface area (Å²) >= 11 is 6.01. The number of anilines is 1. The molecule has 1 aliphatic heterocycles. The lowest BCUT2D eigenvalue weighted by Gasteiger charge is -2.18. The van der Waals surface area contributed by atoms with Crippen LogP contribution in [0.1, 0.15) is 66.1 Å². The number of pyridine rings is 1. The lowest BCUT2D eigenvalue weighted by Crippen LogP contribution is -2.15. The van der Waals surface area contributed by atoms with Gasteiger partial charge in [-0.05, 0) is 74.2 Å². The summed E-state index contributed by atoms with van der Waals surface area (Å²) in [6.45, 7) is 1.50. The topological polar surface area (TPSA) is 76.1 Å². The van der Waals surface area contributed by atoms with Crippen LogP contribution in [0.2, 0.25) is 5.02 Å². The minimum Gasteiger partial charge on any atom is -0.399 e. The van der Waals surface area contributed by atoms with E-state index < -0.39 is 28.1 Å². The molecule has 5 nitrogen and oxygen atoms in total. The maximum absolute atomic E-state index is 16.6. The minimum atomic E-state index is -4.82. The Labute approximate surface area is 209 Å². The number of fused-ring (bicyclic) bond motifs is 2. The van der Waals surface area contributed by atoms with Gasteiger partial charge in [-0.3, -0.25) is 0 Å². The number of aliphatic hydroxyl groups excluding tert-OH is 1. The van der Waals surface area contributed by atoms with E-state index in [0.717, 1.165) is 56.5 Å². The van der Waals surface area contributed by atoms with Crippen LogP contribution in [0.15, 0.2) is 12.1 Å². The number of halogens is 5. The highest BCUT2D eigenvalue weighted by atomic mass is 35.5. The van der Waals surface area contributed by atoms with Crippen molar-refractivity contribution in [1.82, 2.24) is 14.9 Å². The van der Waals surface area contributed by atoms with Gasteiger partial charge in [-0.15, -0.1) is 0 Å². The molecule has 36 heavy (non-hydrogen) atoms. The Hall–Kier alpha value is -2.36. The molecule has 0 bridgehead atoms. The average Bonchev–Trinajstić information content (AvgIpc) is 3.75. The first-order chi connectivity index (χ1) is 17.2. The number of aromatic nitrogens is 2. The van der Waals surface area contributed by atoms with Gasteiger partial charge >= 0.3 is 6.18 Å². The molecule has 3 heterocycles. The molecule has 4 aliphatic rings. The summed E-state index contributed by atoms with van der Waals surface area (Å²) in [7, 11) is 0. The van der Waals surface area contributed by atoms with Crippen LogP contribution in [0.5, 0.6) is 0 Å². The van der Waals surface area contributed by atoms with Crippen molar-refractivity contribution in [2.24, 2.45) is 11.8 Å². The second-order valence-electron chi connectivity index (χ2n) is 10.7. The van der Waals surface area contributed by atoms with E-state index in [1.54, 1.807) is 0 Å². The first-order valence-corrected chi connectivity index (χ1v) is 12.8. The summed E-state index contributed by atoms with van der Waals surface area (Å²) < 4.78 is 60.8. The van der Waals surface area contributed by atoms with Gasteiger partial charge in [0.25, 0.3) is 0 Å². The number of hydrogen-bond acceptors (Lipinski definition) is 4. The lowest BCUT2D eigenvalue weighted by atomic mass is 9.97. The quantitative estimate of drug-likeness (QED) is 0.296. The van der Waals surface area contributed by atoms with Crippen molar-refractivity contribution in [3.05, 3.63) is 45.5 Å². The molecule has 2 unspecified atom stereocenters. The monoisotopic (exact) mass is 520 g/mol. The Balaban J connectivity index is 1.57. The molecule has 2 aromatic heterocycles. The summed E-state index contributed by atoms with van der Waals surface area (Å²) in [5, 5.41) is 14.0. The summed E-state index contributed by atoms with van der Waals surface area (Å²) in [6.07, 6.45) is -1.45. The predicted octanol–water partition coefficient (Wildman–Crippen LogP) is 5.73. The van der Waals surface area contributed by atoms with Crippen molar-refractivity contribution in [1.29, 1.82) is 0 Å². The number of rotatable bonds is 5. The van der Waals surface area contributed by atoms with Crippen LogP contribution in [0.4, 0.5) is 23.2 Å². The van der Waals surface area contributed by atoms with E-state index in [4.69, 9.17) is 17.3 Å². The average molecular weight is 521 g/mol. The zero-order chi connectivity index (χ0) is 25.1. The second kappa shape index (κ2) is 7.58. The van der Waals surface area contributed by atoms with E-state index >= 15 is 4.39 Å². The van der Waals surface area contributed by atoms with E-state index in [1.807, 2.05) is 4.57 Å². The fraction of sp³-hybridized carbons (Fsp3) is 0.500. The zero-order valence-electron chi connectivity index (χ0n) is 19.3. The van der Waals surface area contributed by atoms with Crippen molar-refractivity contribution in [2.45, 2.75) is 56.3 Å². The maximum atomic E-state index is 16.6. The van der Waals surface area contributed by atoms with Crippen molar-refractivity contribution >= 4 is 28.2 Å². The molecule has 0 radical (unpaired) electrons. The van der Waals surface area contributed by atoms with Gasteiger partial charge in [-0.2, -0.15) is 13.2 Å². The van der Waals surface area contributed by atoms with Crippen molar-refractivity contribution in [2.75, 3.05) is 18.8 Å². The number of nitrogens with one attached hydrogen (secondary N) is 1. The highest BCUT2D eigenvalue weighted by molar-refractivity contribution is 6.32. The first kappa shape index (κ1) is 22.8. The third-order valence-corrected chi connectivity index (χ3v) is 8.65. The van der Waals surface area contributed by atoms with Crippen LogP contribution in [0.3, 0.4) is 0 Å². The summed E-state index contributed by atoms with van der Waals surface area (Å²) in [4.78, 5) is 4.62. The molecule has 10 heteroatoms. The fourth-order valence-electron chi connectivity index (χ4n) is 6.51. The van der Waals surface area contributed by atoms with Gasteiger partial charge < -0.3 is 20.7 Å². The van der Waals surface area contributed by atoms with Gasteiger partial charge in [0.15, 0.2) is 5.82 Å². The molecule has 190 valence electrons. The lowest BCUT2D eigenvalue weighted by molar-refractivity contribution is -0.137. The van der Waals surface area contributed by atoms with E-state index in [1.165, 1.54) is 0 Å². The highest BCUT2D eigenvalue weighted by Crippen LogP contribution is 2.61. The van der Waals surface area contributed by atoms with Crippen molar-refractivity contribution < 1.29 is 22.7 Å². The van der Waals surface area contributed by atoms with Gasteiger partial charge in [0.1, 0.15) is 5.69 Å². The third kappa shape index (κ3) is 3.25. The predicted molar refractivity (Wildman–Crippen MR) is 128 cm³/mol. The molecule has 4 N–H and O–H groups in total. The molecule has 3 aliphatic carbocycles. The summed E-state index contributed by atoms with van der Waals surface area (Å²) in [5.41, 5.74) is 6.47. The van der Waals surface area contributed by atoms with Crippen LogP contribution >= 0.6 is 11.6 Å². The zero-order valence-corrected chi connectivity index (χ0v) is 20.1. The van der Waals surface area contributed by atoms with Gasteiger partial charge in [-0.1, -0.05) is 11.6 Å². The number of hydrogen-bond donors (Lipinski definition) is 3. The molecule has 3 saturated carbocycles. The SMILES string of the molecule is Nc1cc(Cl)c(C(F)(F)F)c(-c2nc(C3CC3)c3c(C4C5CNCC54)c(CO)n(C4CC4)c3c2F)c1. The molecule has 3 aromatic rings. The molecule has 4 fully saturated rings. The third-order valence-electron chi connectivity index (χ3n) is 8.35. The number of nitrogen functional groups attached to an aromatic ring is 1. The molecular formula is C26H25ClF4N4O. The highest BCUT2D eigenvalue weighted by Gasteiger charge is 2.56. The summed E-state index contributed by atoms with van der Waals surface area (Å²) in [5.74, 6) is 0.293. The number of piperidine rings is 1. The number of benzene rings is 1. The molecule has 0 amide bonds. The Morgan fingerprint density at radius 1 is 1.14 bits per heavy atom. The van der Waals surface area contributed by atoms with Crippen LogP contribution < -0.4 is 11.1 Å². The molecular weight excluding hydrogens is 496 g/mol. The first-order valence-electron chi connectivity index (χ1n) is 12.4. The standard InChI is InChI=1S/C26H25ClF4N4O/c27-16-6-11(32)5-13(21(16)26(29,30)31)24-22(28)25-20(23(34-24)10-1-2-10)19(18-14-7-33-8-15(14)18)17(9-36)35(25)12-3-4-12/h5-6,10,12,14-15,18,33,36H,1-4,7-9,32H2. The van der Waals surface area contributed by atoms with Crippen molar-refractivity contribution in [3.8, 4) is 11.3 Å². The Kier molecular flexibility index (Phi) is 4.80. The Morgan fingerprint density at radius 3 is 2.42 bits per heavy atom. The van der Waals surface area contributed by atoms with E-state index in [-0.39, 0.29) is 41.4 Å². The van der Waals surface area contributed by atoms with Crippen LogP contribution in [-0.2, 0) is 12.8 Å². The van der Waals surface area contributed by atoms with Gasteiger partial charge in [0.05, 0.1) is 28.4 Å². The summed E-state index contributed by atoms with van der Waals surface area (Å²) in [6, 6.07) is 2.15. The van der Waals surface area contributed by atoms with Crippen LogP contribution in [0.25, 0.3) is 22.2 Å². The molecule has 0 spiro atoms. The molecule has 7 rings (SSSR count). The maximum Gasteiger partial charge on any atom is 0.418 e. The number of nitrogens with zero attached hydrogens (tertiary/aromatic N) is 2. The number of nitrogens with two attached hydrogens (primary N) is 1. The molecule has 1 saturated heterocycles. The second-order valence-corrected chi connectivity index (χ2v) is 11.1. The molecule has 1 aromatic carbocycles. The Morgan fingerprint density at radius 2 is 1.83 bits per heavy atom. The van der Waals surface area contributed by atoms with Crippen LogP contribution in [0, 0.1) is 17.7 Å². The smallest absolute Gasteiger partial charge is 0.399 e. The number of aliphatic hydroxyl groups is 1. The van der Waals surface area contributed by atoms with Gasteiger partial charge in [0, 0.05) is 34.3 Å². The minimum absolute atomic E-state index is 0.00452. The van der Waals surface area contributed by atoms with E-state index in [9.17, 15) is 18.3 Å². The van der Waals surface area contributed by atoms with E-state index in [0.29, 0.717) is 28.6 Å². The fourth-order valence-corrected chi connectivity index (χ4v) is 6.84.